The summed E-state index contributed by atoms with van der Waals surface area (Å²) < 4.78 is 10.6. The van der Waals surface area contributed by atoms with Gasteiger partial charge in [0.15, 0.2) is 0 Å². The van der Waals surface area contributed by atoms with Crippen LogP contribution in [0.2, 0.25) is 0 Å². The normalized spacial score (nSPS) is 11.4. The van der Waals surface area contributed by atoms with Crippen molar-refractivity contribution in [2.75, 3.05) is 33.1 Å². The number of nitrogens with zero attached hydrogens (tertiary/aromatic N) is 3. The zero-order valence-electron chi connectivity index (χ0n) is 14.3. The van der Waals surface area contributed by atoms with Crippen LogP contribution in [0, 0.1) is 0 Å². The molecule has 0 fully saturated rings. The van der Waals surface area contributed by atoms with E-state index >= 15 is 0 Å². The fraction of sp³-hybridized carbons (Fsp3) is 0.857. The maximum atomic E-state index is 11.2. The molecule has 0 spiro atoms. The zero-order chi connectivity index (χ0) is 18.0. The lowest BCUT2D eigenvalue weighted by Crippen LogP contribution is -2.37. The highest BCUT2D eigenvalue weighted by molar-refractivity contribution is 5.73. The second-order valence-electron chi connectivity index (χ2n) is 5.07. The molecule has 138 valence electrons. The van der Waals surface area contributed by atoms with Gasteiger partial charge >= 0.3 is 5.97 Å². The molecule has 0 bridgehead atoms. The smallest absolute Gasteiger partial charge is 0.317 e. The number of rotatable bonds is 15. The number of unbranched alkanes of at least 4 members (excludes halogenated alkanes) is 1. The number of hydrogen-bond acceptors (Lipinski definition) is 7. The lowest BCUT2D eigenvalue weighted by molar-refractivity contribution is -0.144. The van der Waals surface area contributed by atoms with Gasteiger partial charge in [0, 0.05) is 24.8 Å². The number of carbonyl (C=O) groups is 2. The molecule has 24 heavy (non-hydrogen) atoms. The largest absolute Gasteiger partial charge is 0.359 e. The van der Waals surface area contributed by atoms with Crippen LogP contribution in [0.25, 0.3) is 10.4 Å². The molecule has 0 aromatic carbocycles. The lowest BCUT2D eigenvalue weighted by atomic mass is 10.1. The molecule has 10 nitrogen and oxygen atoms in total. The lowest BCUT2D eigenvalue weighted by Gasteiger charge is -2.17. The molecule has 0 aliphatic carbocycles. The van der Waals surface area contributed by atoms with Gasteiger partial charge in [-0.3, -0.25) is 9.59 Å². The summed E-state index contributed by atoms with van der Waals surface area (Å²) >= 11 is 0. The highest BCUT2D eigenvalue weighted by Gasteiger charge is 2.13. The minimum absolute atomic E-state index is 0.00443. The minimum Gasteiger partial charge on any atom is -0.359 e. The van der Waals surface area contributed by atoms with Gasteiger partial charge in [0.2, 0.25) is 5.91 Å². The van der Waals surface area contributed by atoms with Crippen LogP contribution >= 0.6 is 0 Å². The Morgan fingerprint density at radius 1 is 1.29 bits per heavy atom. The predicted molar refractivity (Wildman–Crippen MR) is 86.6 cm³/mol. The molecule has 0 aromatic rings. The minimum atomic E-state index is -0.669. The van der Waals surface area contributed by atoms with Crippen molar-refractivity contribution in [2.24, 2.45) is 5.28 Å². The van der Waals surface area contributed by atoms with Crippen LogP contribution in [0.3, 0.4) is 0 Å². The van der Waals surface area contributed by atoms with Crippen molar-refractivity contribution >= 4 is 11.9 Å². The summed E-state index contributed by atoms with van der Waals surface area (Å²) in [4.78, 5) is 28.9. The first kappa shape index (κ1) is 22.1. The molecule has 0 rings (SSSR count). The molecule has 1 atom stereocenters. The standard InChI is InChI=1S/C14H27N5O5/c1-3-4-7-16-8-9-22-11-23-10-13(17-12(2)20)5-6-14(21)24-19-18-15/h13,16H,3-11H2,1-2H3,(H,17,20). The van der Waals surface area contributed by atoms with E-state index in [9.17, 15) is 9.59 Å². The molecule has 0 aliphatic rings. The Morgan fingerprint density at radius 2 is 2.08 bits per heavy atom. The molecule has 0 saturated carbocycles. The van der Waals surface area contributed by atoms with Crippen LogP contribution < -0.4 is 10.6 Å². The molecule has 0 heterocycles. The average molecular weight is 345 g/mol. The fourth-order valence-corrected chi connectivity index (χ4v) is 1.77. The third-order valence-electron chi connectivity index (χ3n) is 2.90. The van der Waals surface area contributed by atoms with Crippen molar-refractivity contribution in [2.45, 2.75) is 45.6 Å². The van der Waals surface area contributed by atoms with E-state index in [2.05, 4.69) is 32.6 Å². The molecule has 0 radical (unpaired) electrons. The van der Waals surface area contributed by atoms with E-state index in [1.54, 1.807) is 0 Å². The number of ether oxygens (including phenoxy) is 2. The number of carbonyl (C=O) groups excluding carboxylic acids is 2. The Morgan fingerprint density at radius 3 is 2.75 bits per heavy atom. The van der Waals surface area contributed by atoms with Gasteiger partial charge < -0.3 is 24.9 Å². The summed E-state index contributed by atoms with van der Waals surface area (Å²) in [7, 11) is 0. The summed E-state index contributed by atoms with van der Waals surface area (Å²) in [5.74, 6) is -0.898. The SMILES string of the molecule is CCCCNCCOCOCC(CCC(=O)ON=[N+]=[N-])NC(C)=O. The second kappa shape index (κ2) is 16.0. The second-order valence-corrected chi connectivity index (χ2v) is 5.07. The highest BCUT2D eigenvalue weighted by Crippen LogP contribution is 2.01. The third kappa shape index (κ3) is 15.0. The van der Waals surface area contributed by atoms with E-state index in [1.165, 1.54) is 6.92 Å². The molecular weight excluding hydrogens is 318 g/mol. The topological polar surface area (TPSA) is 135 Å². The molecule has 0 aromatic heterocycles. The van der Waals surface area contributed by atoms with Gasteiger partial charge in [-0.15, -0.1) is 0 Å². The Balaban J connectivity index is 3.80. The fourth-order valence-electron chi connectivity index (χ4n) is 1.77. The van der Waals surface area contributed by atoms with Gasteiger partial charge in [-0.25, -0.2) is 0 Å². The van der Waals surface area contributed by atoms with Crippen molar-refractivity contribution < 1.29 is 23.9 Å². The van der Waals surface area contributed by atoms with Crippen LogP contribution in [0.4, 0.5) is 0 Å². The van der Waals surface area contributed by atoms with Crippen LogP contribution in [0.5, 0.6) is 0 Å². The van der Waals surface area contributed by atoms with E-state index in [-0.39, 0.29) is 31.8 Å². The van der Waals surface area contributed by atoms with Crippen molar-refractivity contribution in [1.82, 2.24) is 10.6 Å². The van der Waals surface area contributed by atoms with Crippen molar-refractivity contribution in [3.05, 3.63) is 10.4 Å². The van der Waals surface area contributed by atoms with Crippen LogP contribution in [-0.2, 0) is 23.9 Å². The molecule has 2 N–H and O–H groups in total. The van der Waals surface area contributed by atoms with E-state index in [0.29, 0.717) is 13.0 Å². The Bertz CT molecular complexity index is 401. The summed E-state index contributed by atoms with van der Waals surface area (Å²) in [5, 5.41) is 8.63. The van der Waals surface area contributed by atoms with Crippen LogP contribution in [-0.4, -0.2) is 51.0 Å². The predicted octanol–water partition coefficient (Wildman–Crippen LogP) is 1.42. The molecular formula is C14H27N5O5. The number of azide groups is 1. The number of nitrogens with one attached hydrogen (secondary N) is 2. The van der Waals surface area contributed by atoms with Crippen molar-refractivity contribution in [1.29, 1.82) is 0 Å². The molecule has 10 heteroatoms. The highest BCUT2D eigenvalue weighted by atomic mass is 16.7. The maximum absolute atomic E-state index is 11.2. The zero-order valence-corrected chi connectivity index (χ0v) is 14.3. The van der Waals surface area contributed by atoms with E-state index in [1.807, 2.05) is 0 Å². The maximum Gasteiger partial charge on any atom is 0.317 e. The summed E-state index contributed by atoms with van der Waals surface area (Å²) in [6.45, 7) is 6.08. The first-order valence-corrected chi connectivity index (χ1v) is 7.97. The summed E-state index contributed by atoms with van der Waals surface area (Å²) in [5.41, 5.74) is 8.04. The average Bonchev–Trinajstić information content (AvgIpc) is 2.55. The summed E-state index contributed by atoms with van der Waals surface area (Å²) in [6, 6.07) is -0.354. The number of hydrogen-bond donors (Lipinski definition) is 2. The summed E-state index contributed by atoms with van der Waals surface area (Å²) in [6.07, 6.45) is 2.59. The number of amides is 1. The van der Waals surface area contributed by atoms with E-state index in [4.69, 9.17) is 15.0 Å². The monoisotopic (exact) mass is 345 g/mol. The van der Waals surface area contributed by atoms with Gasteiger partial charge in [0.25, 0.3) is 0 Å². The van der Waals surface area contributed by atoms with Crippen LogP contribution in [0.1, 0.15) is 39.5 Å². The van der Waals surface area contributed by atoms with Gasteiger partial charge in [0.1, 0.15) is 12.1 Å². The van der Waals surface area contributed by atoms with Gasteiger partial charge in [-0.1, -0.05) is 13.3 Å². The molecule has 0 aliphatic heterocycles. The molecule has 0 saturated heterocycles. The van der Waals surface area contributed by atoms with E-state index < -0.39 is 5.97 Å². The first-order valence-electron chi connectivity index (χ1n) is 7.97. The van der Waals surface area contributed by atoms with Crippen molar-refractivity contribution in [3.8, 4) is 0 Å². The van der Waals surface area contributed by atoms with Gasteiger partial charge in [-0.2, -0.15) is 0 Å². The Labute approximate surface area is 141 Å². The third-order valence-corrected chi connectivity index (χ3v) is 2.90. The van der Waals surface area contributed by atoms with Gasteiger partial charge in [0.05, 0.1) is 19.3 Å². The molecule has 1 unspecified atom stereocenters. The molecule has 1 amide bonds. The first-order chi connectivity index (χ1) is 11.6. The van der Waals surface area contributed by atoms with Gasteiger partial charge in [-0.05, 0) is 24.9 Å². The van der Waals surface area contributed by atoms with Crippen molar-refractivity contribution in [3.63, 3.8) is 0 Å². The van der Waals surface area contributed by atoms with Crippen LogP contribution in [0.15, 0.2) is 5.28 Å². The van der Waals surface area contributed by atoms with E-state index in [0.717, 1.165) is 25.9 Å². The Kier molecular flexibility index (Phi) is 14.8. The quantitative estimate of drug-likeness (QED) is 0.115. The Hall–Kier alpha value is -1.87.